The Bertz CT molecular complexity index is 900. The van der Waals surface area contributed by atoms with Crippen LogP contribution in [0.1, 0.15) is 21.2 Å². The fourth-order valence-corrected chi connectivity index (χ4v) is 4.48. The molecule has 0 fully saturated rings. The van der Waals surface area contributed by atoms with Gasteiger partial charge in [-0.15, -0.1) is 11.8 Å². The van der Waals surface area contributed by atoms with Crippen LogP contribution in [0, 0.1) is 0 Å². The molecular weight excluding hydrogens is 391 g/mol. The zero-order valence-electron chi connectivity index (χ0n) is 13.9. The van der Waals surface area contributed by atoms with Crippen molar-refractivity contribution in [1.29, 1.82) is 0 Å². The third-order valence-electron chi connectivity index (χ3n) is 3.81. The molecule has 1 atom stereocenters. The van der Waals surface area contributed by atoms with E-state index in [2.05, 4.69) is 4.98 Å². The number of imidazole rings is 1. The van der Waals surface area contributed by atoms with Crippen molar-refractivity contribution in [3.63, 3.8) is 0 Å². The number of benzene rings is 2. The van der Waals surface area contributed by atoms with Gasteiger partial charge >= 0.3 is 5.97 Å². The predicted molar refractivity (Wildman–Crippen MR) is 105 cm³/mol. The van der Waals surface area contributed by atoms with Crippen molar-refractivity contribution >= 4 is 40.9 Å². The topological polar surface area (TPSA) is 44.1 Å². The van der Waals surface area contributed by atoms with Crippen LogP contribution < -0.4 is 0 Å². The first kappa shape index (κ1) is 18.8. The molecule has 1 unspecified atom stereocenters. The SMILES string of the molecule is COC(=O)c1ccccc1SC(Cn1ccnc1)c1ccc(Cl)cc1Cl. The molecule has 0 aliphatic rings. The van der Waals surface area contributed by atoms with E-state index in [1.54, 1.807) is 36.4 Å². The molecule has 1 aromatic heterocycles. The van der Waals surface area contributed by atoms with Crippen LogP contribution in [0.5, 0.6) is 0 Å². The van der Waals surface area contributed by atoms with Crippen molar-refractivity contribution in [3.05, 3.63) is 82.4 Å². The number of methoxy groups -OCH3 is 1. The largest absolute Gasteiger partial charge is 0.465 e. The highest BCUT2D eigenvalue weighted by molar-refractivity contribution is 7.99. The summed E-state index contributed by atoms with van der Waals surface area (Å²) in [6, 6.07) is 12.8. The van der Waals surface area contributed by atoms with Gasteiger partial charge in [0.2, 0.25) is 0 Å². The van der Waals surface area contributed by atoms with E-state index in [-0.39, 0.29) is 11.2 Å². The summed E-state index contributed by atoms with van der Waals surface area (Å²) in [5.41, 5.74) is 1.47. The number of aromatic nitrogens is 2. The third-order valence-corrected chi connectivity index (χ3v) is 5.67. The highest BCUT2D eigenvalue weighted by Gasteiger charge is 2.21. The maximum Gasteiger partial charge on any atom is 0.338 e. The molecule has 0 saturated heterocycles. The Hall–Kier alpha value is -1.95. The maximum absolute atomic E-state index is 12.1. The summed E-state index contributed by atoms with van der Waals surface area (Å²) in [6.45, 7) is 0.640. The lowest BCUT2D eigenvalue weighted by atomic mass is 10.1. The van der Waals surface area contributed by atoms with Gasteiger partial charge < -0.3 is 9.30 Å². The molecule has 0 amide bonds. The summed E-state index contributed by atoms with van der Waals surface area (Å²) in [4.78, 5) is 17.0. The minimum absolute atomic E-state index is 0.0419. The van der Waals surface area contributed by atoms with Gasteiger partial charge in [0.15, 0.2) is 0 Å². The molecular formula is C19H16Cl2N2O2S. The quantitative estimate of drug-likeness (QED) is 0.399. The second-order valence-corrected chi connectivity index (χ2v) is 7.61. The first-order valence-electron chi connectivity index (χ1n) is 7.83. The molecule has 0 radical (unpaired) electrons. The fourth-order valence-electron chi connectivity index (χ4n) is 2.55. The minimum atomic E-state index is -0.364. The monoisotopic (exact) mass is 406 g/mol. The Morgan fingerprint density at radius 2 is 2.08 bits per heavy atom. The van der Waals surface area contributed by atoms with Gasteiger partial charge in [0.05, 0.1) is 24.3 Å². The van der Waals surface area contributed by atoms with Crippen LogP contribution in [0.25, 0.3) is 0 Å². The summed E-state index contributed by atoms with van der Waals surface area (Å²) in [7, 11) is 1.38. The van der Waals surface area contributed by atoms with Crippen LogP contribution in [-0.2, 0) is 11.3 Å². The van der Waals surface area contributed by atoms with Crippen LogP contribution in [0.4, 0.5) is 0 Å². The number of carbonyl (C=O) groups is 1. The number of rotatable bonds is 6. The molecule has 3 rings (SSSR count). The highest BCUT2D eigenvalue weighted by atomic mass is 35.5. The molecule has 0 N–H and O–H groups in total. The molecule has 0 aliphatic heterocycles. The first-order chi connectivity index (χ1) is 12.6. The standard InChI is InChI=1S/C19H16Cl2N2O2S/c1-25-19(24)15-4-2-3-5-17(15)26-18(11-23-9-8-22-12-23)14-7-6-13(20)10-16(14)21/h2-10,12,18H,11H2,1H3. The normalized spacial score (nSPS) is 12.0. The molecule has 7 heteroatoms. The number of hydrogen-bond donors (Lipinski definition) is 0. The van der Waals surface area contributed by atoms with Crippen molar-refractivity contribution in [1.82, 2.24) is 9.55 Å². The van der Waals surface area contributed by atoms with Gasteiger partial charge in [0.25, 0.3) is 0 Å². The summed E-state index contributed by atoms with van der Waals surface area (Å²) >= 11 is 14.0. The van der Waals surface area contributed by atoms with Crippen LogP contribution in [-0.4, -0.2) is 22.6 Å². The number of esters is 1. The zero-order valence-corrected chi connectivity index (χ0v) is 16.3. The average Bonchev–Trinajstić information content (AvgIpc) is 3.14. The van der Waals surface area contributed by atoms with Crippen LogP contribution in [0.15, 0.2) is 66.1 Å². The van der Waals surface area contributed by atoms with Crippen molar-refractivity contribution < 1.29 is 9.53 Å². The van der Waals surface area contributed by atoms with Gasteiger partial charge in [-0.25, -0.2) is 9.78 Å². The van der Waals surface area contributed by atoms with E-state index in [0.29, 0.717) is 22.2 Å². The van der Waals surface area contributed by atoms with E-state index in [1.165, 1.54) is 7.11 Å². The molecule has 134 valence electrons. The molecule has 0 spiro atoms. The van der Waals surface area contributed by atoms with E-state index in [1.807, 2.05) is 41.1 Å². The molecule has 0 bridgehead atoms. The van der Waals surface area contributed by atoms with Gasteiger partial charge in [-0.05, 0) is 29.8 Å². The van der Waals surface area contributed by atoms with Crippen molar-refractivity contribution in [2.75, 3.05) is 7.11 Å². The van der Waals surface area contributed by atoms with Crippen LogP contribution in [0.3, 0.4) is 0 Å². The lowest BCUT2D eigenvalue weighted by molar-refractivity contribution is 0.0597. The Labute approximate surface area is 166 Å². The number of thioether (sulfide) groups is 1. The van der Waals surface area contributed by atoms with Gasteiger partial charge in [-0.2, -0.15) is 0 Å². The summed E-state index contributed by atoms with van der Waals surface area (Å²) < 4.78 is 6.87. The zero-order chi connectivity index (χ0) is 18.5. The average molecular weight is 407 g/mol. The molecule has 0 saturated carbocycles. The predicted octanol–water partition coefficient (Wildman–Crippen LogP) is 5.51. The second kappa shape index (κ2) is 8.62. The van der Waals surface area contributed by atoms with Gasteiger partial charge in [0.1, 0.15) is 0 Å². The lowest BCUT2D eigenvalue weighted by Gasteiger charge is -2.20. The number of halogens is 2. The van der Waals surface area contributed by atoms with Gasteiger partial charge in [0, 0.05) is 33.9 Å². The second-order valence-electron chi connectivity index (χ2n) is 5.52. The summed E-state index contributed by atoms with van der Waals surface area (Å²) in [5, 5.41) is 1.13. The van der Waals surface area contributed by atoms with E-state index in [9.17, 15) is 4.79 Å². The van der Waals surface area contributed by atoms with E-state index >= 15 is 0 Å². The van der Waals surface area contributed by atoms with Crippen molar-refractivity contribution in [3.8, 4) is 0 Å². The number of carbonyl (C=O) groups excluding carboxylic acids is 1. The molecule has 26 heavy (non-hydrogen) atoms. The van der Waals surface area contributed by atoms with Crippen molar-refractivity contribution in [2.24, 2.45) is 0 Å². The number of nitrogens with zero attached hydrogens (tertiary/aromatic N) is 2. The van der Waals surface area contributed by atoms with E-state index in [4.69, 9.17) is 27.9 Å². The van der Waals surface area contributed by atoms with E-state index in [0.717, 1.165) is 10.5 Å². The van der Waals surface area contributed by atoms with Crippen LogP contribution >= 0.6 is 35.0 Å². The highest BCUT2D eigenvalue weighted by Crippen LogP contribution is 2.41. The lowest BCUT2D eigenvalue weighted by Crippen LogP contribution is -2.08. The Morgan fingerprint density at radius 1 is 1.27 bits per heavy atom. The van der Waals surface area contributed by atoms with Crippen LogP contribution in [0.2, 0.25) is 10.0 Å². The fraction of sp³-hybridized carbons (Fsp3) is 0.158. The Balaban J connectivity index is 1.98. The molecule has 1 heterocycles. The smallest absolute Gasteiger partial charge is 0.338 e. The summed E-state index contributed by atoms with van der Waals surface area (Å²) in [5.74, 6) is -0.364. The molecule has 3 aromatic rings. The molecule has 0 aliphatic carbocycles. The molecule has 4 nitrogen and oxygen atoms in total. The summed E-state index contributed by atoms with van der Waals surface area (Å²) in [6.07, 6.45) is 5.38. The van der Waals surface area contributed by atoms with E-state index < -0.39 is 0 Å². The molecule has 2 aromatic carbocycles. The number of hydrogen-bond acceptors (Lipinski definition) is 4. The van der Waals surface area contributed by atoms with Gasteiger partial charge in [-0.1, -0.05) is 41.4 Å². The third kappa shape index (κ3) is 4.41. The Morgan fingerprint density at radius 3 is 2.77 bits per heavy atom. The maximum atomic E-state index is 12.1. The van der Waals surface area contributed by atoms with Crippen molar-refractivity contribution in [2.45, 2.75) is 16.7 Å². The first-order valence-corrected chi connectivity index (χ1v) is 9.46. The van der Waals surface area contributed by atoms with Gasteiger partial charge in [-0.3, -0.25) is 0 Å². The minimum Gasteiger partial charge on any atom is -0.465 e. The number of ether oxygens (including phenoxy) is 1. The Kier molecular flexibility index (Phi) is 6.25.